The lowest BCUT2D eigenvalue weighted by molar-refractivity contribution is -0.617. The van der Waals surface area contributed by atoms with E-state index < -0.39 is 6.09 Å². The number of amides is 1. The molecule has 20 heavy (non-hydrogen) atoms. The van der Waals surface area contributed by atoms with Crippen molar-refractivity contribution >= 4 is 17.6 Å². The van der Waals surface area contributed by atoms with Crippen molar-refractivity contribution in [3.8, 4) is 0 Å². The maximum atomic E-state index is 11.2. The number of halogens is 1. The molecule has 0 aromatic carbocycles. The van der Waals surface area contributed by atoms with Crippen molar-refractivity contribution in [3.05, 3.63) is 18.3 Å². The van der Waals surface area contributed by atoms with Crippen LogP contribution in [0.2, 0.25) is 0 Å². The molecule has 1 amide bonds. The fourth-order valence-corrected chi connectivity index (χ4v) is 2.41. The van der Waals surface area contributed by atoms with Gasteiger partial charge in [0.15, 0.2) is 0 Å². The predicted molar refractivity (Wildman–Crippen MR) is 73.3 cm³/mol. The Morgan fingerprint density at radius 1 is 1.40 bits per heavy atom. The minimum atomic E-state index is -0.437. The van der Waals surface area contributed by atoms with Gasteiger partial charge >= 0.3 is 6.09 Å². The summed E-state index contributed by atoms with van der Waals surface area (Å²) in [6.45, 7) is 2.15. The molecule has 0 aliphatic heterocycles. The lowest BCUT2D eigenvalue weighted by Gasteiger charge is -2.19. The van der Waals surface area contributed by atoms with Crippen LogP contribution in [0.1, 0.15) is 39.0 Å². The van der Waals surface area contributed by atoms with Crippen LogP contribution in [0.3, 0.4) is 0 Å². The van der Waals surface area contributed by atoms with Crippen LogP contribution in [0, 0.1) is 0 Å². The number of hydrogen-bond donors (Lipinski definition) is 2. The van der Waals surface area contributed by atoms with E-state index >= 15 is 0 Å². The molecule has 0 radical (unpaired) electrons. The van der Waals surface area contributed by atoms with E-state index in [1.807, 2.05) is 12.1 Å². The van der Waals surface area contributed by atoms with Gasteiger partial charge in [-0.3, -0.25) is 10.6 Å². The Bertz CT molecular complexity index is 405. The predicted octanol–water partition coefficient (Wildman–Crippen LogP) is -0.818. The Labute approximate surface area is 125 Å². The highest BCUT2D eigenvalue weighted by molar-refractivity contribution is 5.84. The Morgan fingerprint density at radius 2 is 2.15 bits per heavy atom. The van der Waals surface area contributed by atoms with Crippen LogP contribution >= 0.6 is 0 Å². The van der Waals surface area contributed by atoms with Crippen LogP contribution < -0.4 is 23.0 Å². The Morgan fingerprint density at radius 3 is 2.75 bits per heavy atom. The molecule has 6 heteroatoms. The normalized spacial score (nSPS) is 15.2. The van der Waals surface area contributed by atoms with Gasteiger partial charge in [-0.2, -0.15) is 0 Å². The first kappa shape index (κ1) is 16.7. The van der Waals surface area contributed by atoms with E-state index in [1.54, 1.807) is 13.1 Å². The van der Waals surface area contributed by atoms with Crippen molar-refractivity contribution in [3.63, 3.8) is 0 Å². The molecule has 3 N–H and O–H groups in total. The van der Waals surface area contributed by atoms with Gasteiger partial charge in [-0.05, 0) is 38.7 Å². The van der Waals surface area contributed by atoms with Crippen molar-refractivity contribution in [2.75, 3.05) is 11.9 Å². The number of quaternary nitrogens is 1. The van der Waals surface area contributed by atoms with Gasteiger partial charge in [0.1, 0.15) is 0 Å². The van der Waals surface area contributed by atoms with Crippen LogP contribution in [-0.2, 0) is 4.74 Å². The Balaban J connectivity index is 0.00000200. The van der Waals surface area contributed by atoms with Gasteiger partial charge in [-0.1, -0.05) is 6.42 Å². The second-order valence-corrected chi connectivity index (χ2v) is 4.88. The molecule has 0 bridgehead atoms. The van der Waals surface area contributed by atoms with Crippen LogP contribution in [0.25, 0.3) is 0 Å². The monoisotopic (exact) mass is 299 g/mol. The van der Waals surface area contributed by atoms with E-state index in [0.29, 0.717) is 18.3 Å². The minimum Gasteiger partial charge on any atom is -1.00 e. The van der Waals surface area contributed by atoms with Gasteiger partial charge in [0, 0.05) is 6.07 Å². The summed E-state index contributed by atoms with van der Waals surface area (Å²) in [5.74, 6) is 0.987. The van der Waals surface area contributed by atoms with E-state index in [9.17, 15) is 4.79 Å². The third-order valence-corrected chi connectivity index (χ3v) is 3.36. The second kappa shape index (κ2) is 8.76. The first-order valence-corrected chi connectivity index (χ1v) is 7.02. The number of nitrogens with two attached hydrogens (primary N) is 1. The van der Waals surface area contributed by atoms with Crippen molar-refractivity contribution < 1.29 is 27.3 Å². The zero-order valence-corrected chi connectivity index (χ0v) is 12.5. The zero-order valence-electron chi connectivity index (χ0n) is 11.8. The summed E-state index contributed by atoms with van der Waals surface area (Å²) in [5.41, 5.74) is 0.666. The molecule has 1 saturated carbocycles. The second-order valence-electron chi connectivity index (χ2n) is 4.88. The van der Waals surface area contributed by atoms with Crippen LogP contribution in [0.15, 0.2) is 18.3 Å². The van der Waals surface area contributed by atoms with Crippen molar-refractivity contribution in [2.45, 2.75) is 45.1 Å². The van der Waals surface area contributed by atoms with E-state index in [0.717, 1.165) is 5.82 Å². The quantitative estimate of drug-likeness (QED) is 0.763. The molecular formula is C14H22ClN3O2. The maximum absolute atomic E-state index is 11.2. The summed E-state index contributed by atoms with van der Waals surface area (Å²) < 4.78 is 4.81. The van der Waals surface area contributed by atoms with Crippen molar-refractivity contribution in [2.24, 2.45) is 0 Å². The Kier molecular flexibility index (Phi) is 7.33. The SMILES string of the molecule is CCOC(=O)Nc1ccc([NH2+]C2CCCCC2)nc1.[Cl-]. The van der Waals surface area contributed by atoms with Gasteiger partial charge in [0.05, 0.1) is 24.5 Å². The minimum absolute atomic E-state index is 0. The summed E-state index contributed by atoms with van der Waals surface area (Å²) in [6.07, 6.45) is 7.78. The van der Waals surface area contributed by atoms with Crippen LogP contribution in [0.4, 0.5) is 16.3 Å². The molecule has 1 heterocycles. The molecule has 0 saturated heterocycles. The summed E-state index contributed by atoms with van der Waals surface area (Å²) in [4.78, 5) is 15.6. The number of hydrogen-bond acceptors (Lipinski definition) is 3. The van der Waals surface area contributed by atoms with Gasteiger partial charge < -0.3 is 17.1 Å². The number of aromatic nitrogens is 1. The van der Waals surface area contributed by atoms with E-state index in [-0.39, 0.29) is 12.4 Å². The number of carbonyl (C=O) groups is 1. The molecule has 5 nitrogen and oxygen atoms in total. The van der Waals surface area contributed by atoms with Crippen LogP contribution in [0.5, 0.6) is 0 Å². The largest absolute Gasteiger partial charge is 1.00 e. The summed E-state index contributed by atoms with van der Waals surface area (Å²) in [7, 11) is 0. The molecule has 0 unspecified atom stereocenters. The molecule has 1 aromatic rings. The standard InChI is InChI=1S/C14H21N3O2.ClH/c1-2-19-14(18)17-12-8-9-13(15-10-12)16-11-6-4-3-5-7-11;/h8-11H,2-7H2,1H3,(H,15,16)(H,17,18);1H. The number of nitrogens with zero attached hydrogens (tertiary/aromatic N) is 1. The number of rotatable bonds is 4. The fourth-order valence-electron chi connectivity index (χ4n) is 2.41. The number of anilines is 1. The first-order valence-electron chi connectivity index (χ1n) is 7.02. The van der Waals surface area contributed by atoms with Gasteiger partial charge in [-0.15, -0.1) is 0 Å². The van der Waals surface area contributed by atoms with E-state index in [2.05, 4.69) is 15.6 Å². The molecule has 0 atom stereocenters. The summed E-state index contributed by atoms with van der Waals surface area (Å²) in [6, 6.07) is 4.46. The number of pyridine rings is 1. The number of nitrogens with one attached hydrogen (secondary N) is 1. The maximum Gasteiger partial charge on any atom is 0.411 e. The van der Waals surface area contributed by atoms with Gasteiger partial charge in [0.25, 0.3) is 0 Å². The summed E-state index contributed by atoms with van der Waals surface area (Å²) in [5, 5.41) is 4.88. The molecular weight excluding hydrogens is 278 g/mol. The molecule has 0 spiro atoms. The lowest BCUT2D eigenvalue weighted by atomic mass is 9.95. The average Bonchev–Trinajstić information content (AvgIpc) is 2.42. The summed E-state index contributed by atoms with van der Waals surface area (Å²) >= 11 is 0. The van der Waals surface area contributed by atoms with Gasteiger partial charge in [0.2, 0.25) is 5.82 Å². The molecule has 1 aromatic heterocycles. The third kappa shape index (κ3) is 5.35. The Hall–Kier alpha value is -1.33. The topological polar surface area (TPSA) is 67.8 Å². The zero-order chi connectivity index (χ0) is 13.5. The lowest BCUT2D eigenvalue weighted by Crippen LogP contribution is -3.00. The van der Waals surface area contributed by atoms with Crippen LogP contribution in [-0.4, -0.2) is 23.7 Å². The average molecular weight is 300 g/mol. The molecule has 1 fully saturated rings. The highest BCUT2D eigenvalue weighted by atomic mass is 35.5. The van der Waals surface area contributed by atoms with E-state index in [1.165, 1.54) is 32.1 Å². The molecule has 1 aliphatic rings. The first-order chi connectivity index (χ1) is 9.28. The third-order valence-electron chi connectivity index (χ3n) is 3.36. The molecule has 1 aliphatic carbocycles. The van der Waals surface area contributed by atoms with E-state index in [4.69, 9.17) is 4.74 Å². The highest BCUT2D eigenvalue weighted by Crippen LogP contribution is 2.15. The van der Waals surface area contributed by atoms with Crippen molar-refractivity contribution in [1.29, 1.82) is 0 Å². The highest BCUT2D eigenvalue weighted by Gasteiger charge is 2.17. The molecule has 2 rings (SSSR count). The fraction of sp³-hybridized carbons (Fsp3) is 0.571. The van der Waals surface area contributed by atoms with Crippen molar-refractivity contribution in [1.82, 2.24) is 4.98 Å². The number of carbonyl (C=O) groups excluding carboxylic acids is 1. The smallest absolute Gasteiger partial charge is 0.411 e. The number of ether oxygens (including phenoxy) is 1. The molecule has 112 valence electrons. The van der Waals surface area contributed by atoms with Gasteiger partial charge in [-0.25, -0.2) is 9.78 Å².